The molecule has 4 rings (SSSR count). The minimum absolute atomic E-state index is 0.00285. The summed E-state index contributed by atoms with van der Waals surface area (Å²) in [4.78, 5) is 24.8. The van der Waals surface area contributed by atoms with E-state index in [1.165, 1.54) is 5.56 Å². The molecule has 2 aromatic rings. The average Bonchev–Trinajstić information content (AvgIpc) is 3.47. The van der Waals surface area contributed by atoms with E-state index in [1.807, 2.05) is 39.1 Å². The van der Waals surface area contributed by atoms with Gasteiger partial charge in [0.05, 0.1) is 11.4 Å². The van der Waals surface area contributed by atoms with Crippen molar-refractivity contribution in [2.24, 2.45) is 15.7 Å². The molecule has 2 aromatic heterocycles. The van der Waals surface area contributed by atoms with E-state index < -0.39 is 0 Å². The maximum Gasteiger partial charge on any atom is 0.126 e. The first-order valence-corrected chi connectivity index (χ1v) is 10.6. The quantitative estimate of drug-likeness (QED) is 0.510. The molecule has 7 heteroatoms. The highest BCUT2D eigenvalue weighted by molar-refractivity contribution is 6.00. The fraction of sp³-hybridized carbons (Fsp3) is 0.522. The summed E-state index contributed by atoms with van der Waals surface area (Å²) in [5.74, 6) is 0.766. The summed E-state index contributed by atoms with van der Waals surface area (Å²) in [6, 6.07) is 4.07. The number of nitrogens with zero attached hydrogens (tertiary/aromatic N) is 5. The molecule has 2 aliphatic carbocycles. The monoisotopic (exact) mass is 407 g/mol. The molecule has 30 heavy (non-hydrogen) atoms. The Hall–Kier alpha value is -2.83. The van der Waals surface area contributed by atoms with E-state index in [1.54, 1.807) is 0 Å². The predicted octanol–water partition coefficient (Wildman–Crippen LogP) is 4.07. The Kier molecular flexibility index (Phi) is 5.79. The van der Waals surface area contributed by atoms with Crippen LogP contribution in [0.25, 0.3) is 0 Å². The molecule has 1 fully saturated rings. The van der Waals surface area contributed by atoms with Crippen LogP contribution in [0.4, 0.5) is 0 Å². The molecule has 0 radical (unpaired) electrons. The smallest absolute Gasteiger partial charge is 0.126 e. The van der Waals surface area contributed by atoms with Gasteiger partial charge in [-0.25, -0.2) is 9.97 Å². The van der Waals surface area contributed by atoms with Gasteiger partial charge in [0, 0.05) is 17.3 Å². The standard InChI is InChI=1S/C23H29N5O2/c1-15-10-16(2)25-21(11-15)17(3)27-29-13-23(8-9-23)14-30-28-20-7-5-6-19-12-24-18(4)26-22(19)20/h10-12H,5-9,13-14H2,1-4H3. The Morgan fingerprint density at radius 2 is 1.87 bits per heavy atom. The second-order valence-corrected chi connectivity index (χ2v) is 8.58. The van der Waals surface area contributed by atoms with Crippen molar-refractivity contribution in [3.8, 4) is 0 Å². The van der Waals surface area contributed by atoms with Gasteiger partial charge in [-0.15, -0.1) is 0 Å². The summed E-state index contributed by atoms with van der Waals surface area (Å²) in [6.07, 6.45) is 6.97. The topological polar surface area (TPSA) is 81.9 Å². The summed E-state index contributed by atoms with van der Waals surface area (Å²) in [5, 5.41) is 8.71. The van der Waals surface area contributed by atoms with Gasteiger partial charge in [0.15, 0.2) is 0 Å². The van der Waals surface area contributed by atoms with Crippen LogP contribution >= 0.6 is 0 Å². The zero-order valence-electron chi connectivity index (χ0n) is 18.2. The van der Waals surface area contributed by atoms with E-state index in [-0.39, 0.29) is 5.41 Å². The number of aromatic nitrogens is 3. The van der Waals surface area contributed by atoms with Crippen LogP contribution in [0, 0.1) is 26.2 Å². The summed E-state index contributed by atoms with van der Waals surface area (Å²) < 4.78 is 0. The Bertz CT molecular complexity index is 975. The van der Waals surface area contributed by atoms with Gasteiger partial charge < -0.3 is 9.68 Å². The zero-order valence-corrected chi connectivity index (χ0v) is 18.2. The van der Waals surface area contributed by atoms with Crippen molar-refractivity contribution in [3.63, 3.8) is 0 Å². The number of hydrogen-bond donors (Lipinski definition) is 0. The van der Waals surface area contributed by atoms with Gasteiger partial charge in [-0.1, -0.05) is 10.3 Å². The zero-order chi connectivity index (χ0) is 21.1. The summed E-state index contributed by atoms with van der Waals surface area (Å²) in [6.45, 7) is 8.93. The van der Waals surface area contributed by atoms with Crippen LogP contribution in [0.3, 0.4) is 0 Å². The predicted molar refractivity (Wildman–Crippen MR) is 116 cm³/mol. The Morgan fingerprint density at radius 1 is 1.07 bits per heavy atom. The maximum atomic E-state index is 5.76. The van der Waals surface area contributed by atoms with E-state index in [9.17, 15) is 0 Å². The van der Waals surface area contributed by atoms with Crippen LogP contribution in [0.5, 0.6) is 0 Å². The molecule has 158 valence electrons. The lowest BCUT2D eigenvalue weighted by atomic mass is 9.96. The van der Waals surface area contributed by atoms with E-state index in [0.29, 0.717) is 13.2 Å². The van der Waals surface area contributed by atoms with Gasteiger partial charge in [-0.3, -0.25) is 4.98 Å². The number of fused-ring (bicyclic) bond motifs is 1. The van der Waals surface area contributed by atoms with E-state index in [0.717, 1.165) is 72.0 Å². The number of aryl methyl sites for hydroxylation is 4. The minimum Gasteiger partial charge on any atom is -0.395 e. The molecule has 0 amide bonds. The Morgan fingerprint density at radius 3 is 2.63 bits per heavy atom. The fourth-order valence-corrected chi connectivity index (χ4v) is 3.68. The summed E-state index contributed by atoms with van der Waals surface area (Å²) in [7, 11) is 0. The van der Waals surface area contributed by atoms with Crippen molar-refractivity contribution in [3.05, 3.63) is 52.4 Å². The summed E-state index contributed by atoms with van der Waals surface area (Å²) in [5.41, 5.74) is 6.81. The second kappa shape index (κ2) is 8.50. The molecule has 0 bridgehead atoms. The van der Waals surface area contributed by atoms with E-state index in [4.69, 9.17) is 9.68 Å². The minimum atomic E-state index is 0.00285. The third-order valence-corrected chi connectivity index (χ3v) is 5.66. The van der Waals surface area contributed by atoms with Crippen molar-refractivity contribution in [1.82, 2.24) is 15.0 Å². The van der Waals surface area contributed by atoms with Crippen molar-refractivity contribution in [2.75, 3.05) is 13.2 Å². The van der Waals surface area contributed by atoms with Crippen LogP contribution in [-0.2, 0) is 16.1 Å². The molecule has 0 spiro atoms. The first-order chi connectivity index (χ1) is 14.4. The molecule has 0 aromatic carbocycles. The normalized spacial score (nSPS) is 18.8. The highest BCUT2D eigenvalue weighted by Gasteiger charge is 2.45. The lowest BCUT2D eigenvalue weighted by Crippen LogP contribution is -2.19. The second-order valence-electron chi connectivity index (χ2n) is 8.58. The lowest BCUT2D eigenvalue weighted by Gasteiger charge is -2.17. The third-order valence-electron chi connectivity index (χ3n) is 5.66. The number of rotatable bonds is 7. The van der Waals surface area contributed by atoms with Gasteiger partial charge in [0.2, 0.25) is 0 Å². The van der Waals surface area contributed by atoms with Crippen LogP contribution in [-0.4, -0.2) is 39.6 Å². The van der Waals surface area contributed by atoms with Gasteiger partial charge in [-0.2, -0.15) is 0 Å². The first kappa shape index (κ1) is 20.4. The highest BCUT2D eigenvalue weighted by atomic mass is 16.6. The van der Waals surface area contributed by atoms with E-state index in [2.05, 4.69) is 32.2 Å². The van der Waals surface area contributed by atoms with Gasteiger partial charge in [-0.05, 0) is 83.1 Å². The lowest BCUT2D eigenvalue weighted by molar-refractivity contribution is 0.0318. The average molecular weight is 408 g/mol. The van der Waals surface area contributed by atoms with Crippen LogP contribution < -0.4 is 0 Å². The molecule has 0 saturated heterocycles. The van der Waals surface area contributed by atoms with Crippen LogP contribution in [0.2, 0.25) is 0 Å². The third kappa shape index (κ3) is 4.83. The molecule has 7 nitrogen and oxygen atoms in total. The molecule has 0 N–H and O–H groups in total. The van der Waals surface area contributed by atoms with E-state index >= 15 is 0 Å². The molecular formula is C23H29N5O2. The van der Waals surface area contributed by atoms with Gasteiger partial charge in [0.1, 0.15) is 30.5 Å². The molecule has 2 aliphatic rings. The SMILES string of the molecule is CC(=NOCC1(CON=C2CCCc3cnc(C)nc32)CC1)c1cc(C)cc(C)n1. The molecular weight excluding hydrogens is 378 g/mol. The molecule has 0 unspecified atom stereocenters. The van der Waals surface area contributed by atoms with Gasteiger partial charge in [0.25, 0.3) is 0 Å². The highest BCUT2D eigenvalue weighted by Crippen LogP contribution is 2.46. The van der Waals surface area contributed by atoms with Gasteiger partial charge >= 0.3 is 0 Å². The fourth-order valence-electron chi connectivity index (χ4n) is 3.68. The van der Waals surface area contributed by atoms with Crippen molar-refractivity contribution in [1.29, 1.82) is 0 Å². The molecule has 1 saturated carbocycles. The maximum absolute atomic E-state index is 5.76. The molecule has 2 heterocycles. The number of oxime groups is 2. The van der Waals surface area contributed by atoms with Crippen molar-refractivity contribution >= 4 is 11.4 Å². The van der Waals surface area contributed by atoms with Crippen LogP contribution in [0.1, 0.15) is 66.6 Å². The van der Waals surface area contributed by atoms with Crippen molar-refractivity contribution < 1.29 is 9.68 Å². The van der Waals surface area contributed by atoms with Crippen LogP contribution in [0.15, 0.2) is 28.6 Å². The van der Waals surface area contributed by atoms with Crippen molar-refractivity contribution in [2.45, 2.75) is 59.8 Å². The first-order valence-electron chi connectivity index (χ1n) is 10.6. The molecule has 0 atom stereocenters. The number of pyridine rings is 1. The Labute approximate surface area is 177 Å². The molecule has 0 aliphatic heterocycles. The largest absolute Gasteiger partial charge is 0.395 e. The number of hydrogen-bond acceptors (Lipinski definition) is 7. The summed E-state index contributed by atoms with van der Waals surface area (Å²) >= 11 is 0. The Balaban J connectivity index is 1.33.